The second-order valence-electron chi connectivity index (χ2n) is 3.98. The van der Waals surface area contributed by atoms with Gasteiger partial charge < -0.3 is 29.4 Å². The topological polar surface area (TPSA) is 156 Å². The van der Waals surface area contributed by atoms with Crippen LogP contribution in [0.2, 0.25) is 0 Å². The Morgan fingerprint density at radius 2 is 0.800 bits per heavy atom. The van der Waals surface area contributed by atoms with Crippen LogP contribution in [-0.2, 0) is 9.13 Å². The van der Waals surface area contributed by atoms with Crippen LogP contribution in [0.1, 0.15) is 22.3 Å². The van der Waals surface area contributed by atoms with Crippen molar-refractivity contribution >= 4 is 15.6 Å². The summed E-state index contributed by atoms with van der Waals surface area (Å²) in [4.78, 5) is 43.1. The van der Waals surface area contributed by atoms with Gasteiger partial charge in [-0.3, -0.25) is 0 Å². The molecule has 0 amide bonds. The second kappa shape index (κ2) is 8.67. The molecule has 0 fully saturated rings. The third kappa shape index (κ3) is 17.4. The average Bonchev–Trinajstić information content (AvgIpc) is 2.16. The monoisotopic (exact) mass is 330 g/mol. The summed E-state index contributed by atoms with van der Waals surface area (Å²) in [5.74, 6) is 0. The van der Waals surface area contributed by atoms with Crippen LogP contribution in [-0.4, -0.2) is 29.4 Å². The molecule has 0 aromatic heterocycles. The van der Waals surface area contributed by atoms with E-state index >= 15 is 0 Å². The SMILES string of the molecule is Cc1ccc(C)c(C)c1C.O=P(O)(O)O.O=P(O)(O)O. The molecule has 0 aliphatic heterocycles. The molecule has 0 unspecified atom stereocenters. The fourth-order valence-corrected chi connectivity index (χ4v) is 1.09. The third-order valence-electron chi connectivity index (χ3n) is 2.33. The summed E-state index contributed by atoms with van der Waals surface area (Å²) in [6.45, 7) is 8.67. The molecule has 1 aromatic carbocycles. The van der Waals surface area contributed by atoms with Crippen molar-refractivity contribution in [2.24, 2.45) is 0 Å². The van der Waals surface area contributed by atoms with Crippen molar-refractivity contribution in [1.29, 1.82) is 0 Å². The smallest absolute Gasteiger partial charge is 0.303 e. The van der Waals surface area contributed by atoms with E-state index in [2.05, 4.69) is 39.8 Å². The maximum absolute atomic E-state index is 8.88. The molecule has 0 radical (unpaired) electrons. The van der Waals surface area contributed by atoms with Gasteiger partial charge in [-0.2, -0.15) is 0 Å². The summed E-state index contributed by atoms with van der Waals surface area (Å²) in [6.07, 6.45) is 0. The maximum Gasteiger partial charge on any atom is 0.466 e. The quantitative estimate of drug-likeness (QED) is 0.386. The van der Waals surface area contributed by atoms with E-state index < -0.39 is 15.6 Å². The summed E-state index contributed by atoms with van der Waals surface area (Å²) in [6, 6.07) is 4.36. The Kier molecular flexibility index (Phi) is 9.42. The molecular formula is C10H20O8P2. The van der Waals surface area contributed by atoms with E-state index in [1.165, 1.54) is 22.3 Å². The van der Waals surface area contributed by atoms with Crippen LogP contribution in [0.15, 0.2) is 12.1 Å². The van der Waals surface area contributed by atoms with Crippen LogP contribution in [0.3, 0.4) is 0 Å². The predicted molar refractivity (Wildman–Crippen MR) is 73.9 cm³/mol. The van der Waals surface area contributed by atoms with Crippen molar-refractivity contribution in [3.63, 3.8) is 0 Å². The molecule has 0 atom stereocenters. The maximum atomic E-state index is 8.88. The number of hydrogen-bond acceptors (Lipinski definition) is 2. The average molecular weight is 330 g/mol. The number of benzene rings is 1. The Bertz CT molecular complexity index is 453. The Morgan fingerprint density at radius 3 is 0.950 bits per heavy atom. The minimum Gasteiger partial charge on any atom is -0.303 e. The third-order valence-corrected chi connectivity index (χ3v) is 2.33. The molecule has 0 saturated carbocycles. The second-order valence-corrected chi connectivity index (χ2v) is 6.03. The first-order valence-corrected chi connectivity index (χ1v) is 8.36. The van der Waals surface area contributed by atoms with E-state index in [0.29, 0.717) is 0 Å². The van der Waals surface area contributed by atoms with Crippen LogP contribution in [0.25, 0.3) is 0 Å². The first kappa shape index (κ1) is 21.7. The first-order valence-electron chi connectivity index (χ1n) is 5.23. The first-order chi connectivity index (χ1) is 8.63. The van der Waals surface area contributed by atoms with Gasteiger partial charge in [0.25, 0.3) is 0 Å². The lowest BCUT2D eigenvalue weighted by atomic mass is 10.0. The minimum absolute atomic E-state index is 1.39. The molecule has 0 heterocycles. The summed E-state index contributed by atoms with van der Waals surface area (Å²) in [5, 5.41) is 0. The molecule has 10 heteroatoms. The molecule has 0 aliphatic carbocycles. The molecule has 1 rings (SSSR count). The van der Waals surface area contributed by atoms with Gasteiger partial charge in [0.05, 0.1) is 0 Å². The summed E-state index contributed by atoms with van der Waals surface area (Å²) < 4.78 is 17.8. The van der Waals surface area contributed by atoms with Gasteiger partial charge in [-0.25, -0.2) is 9.13 Å². The van der Waals surface area contributed by atoms with Gasteiger partial charge in [-0.05, 0) is 49.9 Å². The normalized spacial score (nSPS) is 10.9. The lowest BCUT2D eigenvalue weighted by molar-refractivity contribution is 0.272. The highest BCUT2D eigenvalue weighted by atomic mass is 31.2. The number of rotatable bonds is 0. The standard InChI is InChI=1S/C10H14.2H3O4P/c1-7-5-6-8(2)10(4)9(7)3;2*1-5(2,3)4/h5-6H,1-4H3;2*(H3,1,2,3,4). The summed E-state index contributed by atoms with van der Waals surface area (Å²) >= 11 is 0. The van der Waals surface area contributed by atoms with Crippen LogP contribution < -0.4 is 0 Å². The largest absolute Gasteiger partial charge is 0.466 e. The van der Waals surface area contributed by atoms with Crippen LogP contribution >= 0.6 is 15.6 Å². The highest BCUT2D eigenvalue weighted by Gasteiger charge is 2.00. The van der Waals surface area contributed by atoms with Crippen molar-refractivity contribution in [2.75, 3.05) is 0 Å². The zero-order valence-electron chi connectivity index (χ0n) is 11.5. The van der Waals surface area contributed by atoms with Gasteiger partial charge in [-0.1, -0.05) is 12.1 Å². The van der Waals surface area contributed by atoms with E-state index in [1.807, 2.05) is 0 Å². The van der Waals surface area contributed by atoms with Gasteiger partial charge in [0.15, 0.2) is 0 Å². The predicted octanol–water partition coefficient (Wildman–Crippen LogP) is 1.06. The zero-order chi connectivity index (χ0) is 16.7. The molecule has 0 aliphatic rings. The Morgan fingerprint density at radius 1 is 0.650 bits per heavy atom. The lowest BCUT2D eigenvalue weighted by Gasteiger charge is -2.06. The summed E-state index contributed by atoms with van der Waals surface area (Å²) in [7, 11) is -9.28. The van der Waals surface area contributed by atoms with Gasteiger partial charge in [-0.15, -0.1) is 0 Å². The van der Waals surface area contributed by atoms with Gasteiger partial charge in [0.2, 0.25) is 0 Å². The van der Waals surface area contributed by atoms with Crippen LogP contribution in [0.4, 0.5) is 0 Å². The van der Waals surface area contributed by atoms with Crippen molar-refractivity contribution < 1.29 is 38.5 Å². The minimum atomic E-state index is -4.64. The Hall–Kier alpha value is -0.560. The van der Waals surface area contributed by atoms with Gasteiger partial charge in [0, 0.05) is 0 Å². The van der Waals surface area contributed by atoms with Gasteiger partial charge >= 0.3 is 15.6 Å². The number of aryl methyl sites for hydroxylation is 2. The van der Waals surface area contributed by atoms with E-state index in [1.54, 1.807) is 0 Å². The summed E-state index contributed by atoms with van der Waals surface area (Å²) in [5.41, 5.74) is 5.64. The molecule has 1 aromatic rings. The molecule has 0 spiro atoms. The highest BCUT2D eigenvalue weighted by molar-refractivity contribution is 7.45. The van der Waals surface area contributed by atoms with Crippen molar-refractivity contribution in [1.82, 2.24) is 0 Å². The van der Waals surface area contributed by atoms with Crippen LogP contribution in [0, 0.1) is 27.7 Å². The van der Waals surface area contributed by atoms with Crippen molar-refractivity contribution in [3.8, 4) is 0 Å². The van der Waals surface area contributed by atoms with Crippen molar-refractivity contribution in [3.05, 3.63) is 34.4 Å². The zero-order valence-corrected chi connectivity index (χ0v) is 13.3. The molecule has 20 heavy (non-hydrogen) atoms. The molecular weight excluding hydrogens is 310 g/mol. The van der Waals surface area contributed by atoms with E-state index in [-0.39, 0.29) is 0 Å². The van der Waals surface area contributed by atoms with E-state index in [0.717, 1.165) is 0 Å². The fourth-order valence-electron chi connectivity index (χ4n) is 1.09. The number of hydrogen-bond donors (Lipinski definition) is 6. The molecule has 6 N–H and O–H groups in total. The highest BCUT2D eigenvalue weighted by Crippen LogP contribution is 2.26. The molecule has 0 saturated heterocycles. The van der Waals surface area contributed by atoms with E-state index in [9.17, 15) is 0 Å². The van der Waals surface area contributed by atoms with Crippen LogP contribution in [0.5, 0.6) is 0 Å². The number of phosphoric acid groups is 2. The molecule has 0 bridgehead atoms. The lowest BCUT2D eigenvalue weighted by Crippen LogP contribution is -1.88. The molecule has 118 valence electrons. The Balaban J connectivity index is 0. The fraction of sp³-hybridized carbons (Fsp3) is 0.400. The Labute approximate surface area is 117 Å². The van der Waals surface area contributed by atoms with Gasteiger partial charge in [0.1, 0.15) is 0 Å². The van der Waals surface area contributed by atoms with Crippen molar-refractivity contribution in [2.45, 2.75) is 27.7 Å². The van der Waals surface area contributed by atoms with E-state index in [4.69, 9.17) is 38.5 Å². The molecule has 8 nitrogen and oxygen atoms in total.